The molecule has 0 aliphatic rings. The molecule has 0 radical (unpaired) electrons. The van der Waals surface area contributed by atoms with E-state index in [9.17, 15) is 0 Å². The van der Waals surface area contributed by atoms with Crippen LogP contribution in [-0.2, 0) is 5.75 Å². The van der Waals surface area contributed by atoms with Crippen LogP contribution in [0, 0.1) is 6.92 Å². The van der Waals surface area contributed by atoms with Crippen molar-refractivity contribution in [2.45, 2.75) is 17.8 Å². The van der Waals surface area contributed by atoms with Gasteiger partial charge in [-0.15, -0.1) is 0 Å². The van der Waals surface area contributed by atoms with Gasteiger partial charge in [-0.3, -0.25) is 0 Å². The fourth-order valence-corrected chi connectivity index (χ4v) is 2.44. The van der Waals surface area contributed by atoms with Gasteiger partial charge in [-0.1, -0.05) is 41.6 Å². The zero-order valence-corrected chi connectivity index (χ0v) is 13.0. The monoisotopic (exact) mass is 289 g/mol. The minimum Gasteiger partial charge on any atom is -0.357 e. The van der Waals surface area contributed by atoms with E-state index in [4.69, 9.17) is 0 Å². The number of nitrogens with zero attached hydrogens (tertiary/aromatic N) is 4. The molecule has 0 bridgehead atoms. The molecule has 20 heavy (non-hydrogen) atoms. The second-order valence-corrected chi connectivity index (χ2v) is 5.61. The van der Waals surface area contributed by atoms with E-state index in [1.54, 1.807) is 11.8 Å². The predicted octanol–water partition coefficient (Wildman–Crippen LogP) is 2.58. The molecule has 1 aromatic heterocycles. The molecule has 0 saturated heterocycles. The molecule has 5 nitrogen and oxygen atoms in total. The first-order valence-corrected chi connectivity index (χ1v) is 7.36. The highest BCUT2D eigenvalue weighted by molar-refractivity contribution is 7.98. The Hall–Kier alpha value is -1.82. The van der Waals surface area contributed by atoms with E-state index < -0.39 is 0 Å². The van der Waals surface area contributed by atoms with Crippen molar-refractivity contribution in [1.29, 1.82) is 0 Å². The summed E-state index contributed by atoms with van der Waals surface area (Å²) in [5.41, 5.74) is 2.54. The lowest BCUT2D eigenvalue weighted by Gasteiger charge is -2.12. The summed E-state index contributed by atoms with van der Waals surface area (Å²) < 4.78 is 0. The van der Waals surface area contributed by atoms with E-state index in [0.29, 0.717) is 11.9 Å². The lowest BCUT2D eigenvalue weighted by atomic mass is 10.2. The predicted molar refractivity (Wildman–Crippen MR) is 84.4 cm³/mol. The molecule has 0 amide bonds. The zero-order chi connectivity index (χ0) is 14.5. The molecule has 1 N–H and O–H groups in total. The van der Waals surface area contributed by atoms with Crippen LogP contribution in [0.5, 0.6) is 0 Å². The van der Waals surface area contributed by atoms with Crippen molar-refractivity contribution in [1.82, 2.24) is 15.0 Å². The first-order chi connectivity index (χ1) is 9.58. The highest BCUT2D eigenvalue weighted by Crippen LogP contribution is 2.22. The fourth-order valence-electron chi connectivity index (χ4n) is 1.67. The smallest absolute Gasteiger partial charge is 0.230 e. The normalized spacial score (nSPS) is 10.4. The summed E-state index contributed by atoms with van der Waals surface area (Å²) in [7, 11) is 5.65. The molecule has 0 unspecified atom stereocenters. The van der Waals surface area contributed by atoms with Crippen LogP contribution >= 0.6 is 11.8 Å². The van der Waals surface area contributed by atoms with E-state index in [2.05, 4.69) is 51.5 Å². The molecule has 0 atom stereocenters. The Labute approximate surface area is 123 Å². The van der Waals surface area contributed by atoms with Gasteiger partial charge in [0.05, 0.1) is 0 Å². The number of anilines is 2. The van der Waals surface area contributed by atoms with Gasteiger partial charge in [0, 0.05) is 26.9 Å². The van der Waals surface area contributed by atoms with Gasteiger partial charge in [0.25, 0.3) is 0 Å². The van der Waals surface area contributed by atoms with Gasteiger partial charge in [-0.05, 0) is 12.5 Å². The van der Waals surface area contributed by atoms with Gasteiger partial charge in [0.1, 0.15) is 0 Å². The number of aryl methyl sites for hydroxylation is 1. The lowest BCUT2D eigenvalue weighted by Crippen LogP contribution is -2.15. The van der Waals surface area contributed by atoms with Crippen LogP contribution in [-0.4, -0.2) is 36.1 Å². The molecular weight excluding hydrogens is 270 g/mol. The summed E-state index contributed by atoms with van der Waals surface area (Å²) in [4.78, 5) is 15.0. The van der Waals surface area contributed by atoms with Gasteiger partial charge < -0.3 is 10.2 Å². The van der Waals surface area contributed by atoms with Gasteiger partial charge in [-0.2, -0.15) is 15.0 Å². The number of hydrogen-bond acceptors (Lipinski definition) is 6. The van der Waals surface area contributed by atoms with Crippen LogP contribution in [0.15, 0.2) is 29.4 Å². The summed E-state index contributed by atoms with van der Waals surface area (Å²) >= 11 is 1.61. The van der Waals surface area contributed by atoms with Crippen LogP contribution in [0.4, 0.5) is 11.9 Å². The van der Waals surface area contributed by atoms with Crippen LogP contribution in [0.3, 0.4) is 0 Å². The van der Waals surface area contributed by atoms with E-state index in [1.165, 1.54) is 11.1 Å². The summed E-state index contributed by atoms with van der Waals surface area (Å²) in [6.07, 6.45) is 0. The zero-order valence-electron chi connectivity index (χ0n) is 12.2. The maximum Gasteiger partial charge on any atom is 0.230 e. The first-order valence-electron chi connectivity index (χ1n) is 6.38. The maximum absolute atomic E-state index is 4.45. The largest absolute Gasteiger partial charge is 0.357 e. The molecule has 2 rings (SSSR count). The molecule has 0 aliphatic heterocycles. The molecule has 1 aromatic carbocycles. The van der Waals surface area contributed by atoms with Crippen LogP contribution < -0.4 is 10.2 Å². The van der Waals surface area contributed by atoms with Crippen LogP contribution in [0.2, 0.25) is 0 Å². The van der Waals surface area contributed by atoms with Crippen molar-refractivity contribution < 1.29 is 0 Å². The van der Waals surface area contributed by atoms with Gasteiger partial charge in [0.15, 0.2) is 5.16 Å². The molecule has 2 aromatic rings. The van der Waals surface area contributed by atoms with Crippen molar-refractivity contribution in [3.8, 4) is 0 Å². The first kappa shape index (κ1) is 14.6. The third kappa shape index (κ3) is 3.84. The van der Waals surface area contributed by atoms with Crippen LogP contribution in [0.1, 0.15) is 11.1 Å². The van der Waals surface area contributed by atoms with Gasteiger partial charge >= 0.3 is 0 Å². The van der Waals surface area contributed by atoms with Crippen molar-refractivity contribution in [2.24, 2.45) is 0 Å². The second kappa shape index (κ2) is 6.56. The van der Waals surface area contributed by atoms with E-state index >= 15 is 0 Å². The Bertz CT molecular complexity index is 586. The molecule has 0 saturated carbocycles. The number of thioether (sulfide) groups is 1. The third-order valence-corrected chi connectivity index (χ3v) is 3.60. The Morgan fingerprint density at radius 1 is 1.20 bits per heavy atom. The Balaban J connectivity index is 2.14. The minimum atomic E-state index is 0.593. The Morgan fingerprint density at radius 3 is 2.65 bits per heavy atom. The Morgan fingerprint density at radius 2 is 2.00 bits per heavy atom. The Kier molecular flexibility index (Phi) is 4.79. The standard InChI is InChI=1S/C14H19N5S/c1-10-6-5-7-11(8-10)9-20-14-17-12(15-2)16-13(18-14)19(3)4/h5-8H,9H2,1-4H3,(H,15,16,17,18). The van der Waals surface area contributed by atoms with Gasteiger partial charge in [-0.25, -0.2) is 0 Å². The minimum absolute atomic E-state index is 0.593. The fraction of sp³-hybridized carbons (Fsp3) is 0.357. The number of nitrogens with one attached hydrogen (secondary N) is 1. The summed E-state index contributed by atoms with van der Waals surface area (Å²) in [6, 6.07) is 8.47. The van der Waals surface area contributed by atoms with Crippen molar-refractivity contribution in [3.63, 3.8) is 0 Å². The molecule has 0 aliphatic carbocycles. The van der Waals surface area contributed by atoms with E-state index in [-0.39, 0.29) is 0 Å². The second-order valence-electron chi connectivity index (χ2n) is 4.66. The average molecular weight is 289 g/mol. The van der Waals surface area contributed by atoms with Gasteiger partial charge in [0.2, 0.25) is 11.9 Å². The number of aromatic nitrogens is 3. The molecule has 1 heterocycles. The van der Waals surface area contributed by atoms with E-state index in [1.807, 2.05) is 26.0 Å². The van der Waals surface area contributed by atoms with E-state index in [0.717, 1.165) is 10.9 Å². The molecule has 106 valence electrons. The number of hydrogen-bond donors (Lipinski definition) is 1. The van der Waals surface area contributed by atoms with Crippen molar-refractivity contribution in [2.75, 3.05) is 31.4 Å². The van der Waals surface area contributed by atoms with Crippen LogP contribution in [0.25, 0.3) is 0 Å². The van der Waals surface area contributed by atoms with Crippen molar-refractivity contribution in [3.05, 3.63) is 35.4 Å². The summed E-state index contributed by atoms with van der Waals surface area (Å²) in [5.74, 6) is 2.10. The number of rotatable bonds is 5. The molecule has 0 fully saturated rings. The van der Waals surface area contributed by atoms with Crippen molar-refractivity contribution >= 4 is 23.7 Å². The molecular formula is C14H19N5S. The maximum atomic E-state index is 4.45. The third-order valence-electron chi connectivity index (χ3n) is 2.68. The number of benzene rings is 1. The SMILES string of the molecule is CNc1nc(SCc2cccc(C)c2)nc(N(C)C)n1. The summed E-state index contributed by atoms with van der Waals surface area (Å²) in [6.45, 7) is 2.10. The highest BCUT2D eigenvalue weighted by atomic mass is 32.2. The topological polar surface area (TPSA) is 53.9 Å². The molecule has 0 spiro atoms. The summed E-state index contributed by atoms with van der Waals surface area (Å²) in [5, 5.41) is 3.70. The molecule has 6 heteroatoms. The quantitative estimate of drug-likeness (QED) is 0.854. The lowest BCUT2D eigenvalue weighted by molar-refractivity contribution is 0.870. The highest BCUT2D eigenvalue weighted by Gasteiger charge is 2.08. The average Bonchev–Trinajstić information content (AvgIpc) is 2.45.